The molecule has 0 aromatic heterocycles. The fourth-order valence-electron chi connectivity index (χ4n) is 0.272. The summed E-state index contributed by atoms with van der Waals surface area (Å²) in [4.78, 5) is 18.9. The molecule has 0 aromatic carbocycles. The summed E-state index contributed by atoms with van der Waals surface area (Å²) >= 11 is 0. The maximum atomic E-state index is 10.6. The van der Waals surface area contributed by atoms with Crippen LogP contribution in [0.4, 0.5) is 0 Å². The summed E-state index contributed by atoms with van der Waals surface area (Å²) in [6, 6.07) is -0.315. The number of carbonyl (C=O) groups is 1. The number of nitrogens with one attached hydrogen (secondary N) is 1. The van der Waals surface area contributed by atoms with Crippen LogP contribution in [0.5, 0.6) is 0 Å². The zero-order chi connectivity index (χ0) is 7.28. The number of hydrogen-bond donors (Lipinski definition) is 1. The third kappa shape index (κ3) is 3.05. The van der Waals surface area contributed by atoms with Gasteiger partial charge in [0.2, 0.25) is 0 Å². The molecule has 0 amide bonds. The Morgan fingerprint density at radius 2 is 2.22 bits per heavy atom. The topological polar surface area (TPSA) is 47.6 Å². The molecule has 4 heteroatoms. The monoisotopic (exact) mass is 133 g/mol. The van der Waals surface area contributed by atoms with E-state index >= 15 is 0 Å². The van der Waals surface area contributed by atoms with Gasteiger partial charge < -0.3 is 5.32 Å². The summed E-state index contributed by atoms with van der Waals surface area (Å²) in [5.74, 6) is -0.417. The second kappa shape index (κ2) is 4.29. The summed E-state index contributed by atoms with van der Waals surface area (Å²) in [7, 11) is 2.96. The van der Waals surface area contributed by atoms with E-state index in [1.54, 1.807) is 14.0 Å². The Labute approximate surface area is 54.1 Å². The van der Waals surface area contributed by atoms with Crippen molar-refractivity contribution in [3.8, 4) is 0 Å². The van der Waals surface area contributed by atoms with Crippen molar-refractivity contribution in [2.75, 3.05) is 14.2 Å². The number of rotatable bonds is 3. The summed E-state index contributed by atoms with van der Waals surface area (Å²) in [5, 5.41) is 2.69. The summed E-state index contributed by atoms with van der Waals surface area (Å²) in [5.41, 5.74) is 0. The lowest BCUT2D eigenvalue weighted by Gasteiger charge is -2.05. The van der Waals surface area contributed by atoms with Crippen LogP contribution in [0.2, 0.25) is 0 Å². The lowest BCUT2D eigenvalue weighted by molar-refractivity contribution is -0.256. The molecule has 0 aliphatic carbocycles. The second-order valence-corrected chi connectivity index (χ2v) is 1.58. The molecule has 0 radical (unpaired) electrons. The van der Waals surface area contributed by atoms with Crippen molar-refractivity contribution in [2.24, 2.45) is 0 Å². The Balaban J connectivity index is 3.46. The van der Waals surface area contributed by atoms with Crippen molar-refractivity contribution in [3.05, 3.63) is 0 Å². The van der Waals surface area contributed by atoms with E-state index in [1.165, 1.54) is 7.11 Å². The Kier molecular flexibility index (Phi) is 4.00. The van der Waals surface area contributed by atoms with Gasteiger partial charge in [0, 0.05) is 0 Å². The molecule has 4 nitrogen and oxygen atoms in total. The molecule has 54 valence electrons. The van der Waals surface area contributed by atoms with Crippen LogP contribution in [0.1, 0.15) is 6.92 Å². The molecule has 0 aliphatic rings. The molecule has 0 bridgehead atoms. The van der Waals surface area contributed by atoms with Crippen LogP contribution in [-0.4, -0.2) is 26.2 Å². The molecule has 0 aliphatic heterocycles. The van der Waals surface area contributed by atoms with E-state index in [0.29, 0.717) is 0 Å². The predicted octanol–water partition coefficient (Wildman–Crippen LogP) is -0.301. The van der Waals surface area contributed by atoms with Crippen LogP contribution in [0.15, 0.2) is 0 Å². The Morgan fingerprint density at radius 1 is 1.67 bits per heavy atom. The molecular formula is C5H11NO3. The molecule has 0 aromatic rings. The van der Waals surface area contributed by atoms with Gasteiger partial charge in [-0.1, -0.05) is 0 Å². The van der Waals surface area contributed by atoms with Gasteiger partial charge in [0.25, 0.3) is 0 Å². The van der Waals surface area contributed by atoms with E-state index in [4.69, 9.17) is 0 Å². The highest BCUT2D eigenvalue weighted by Gasteiger charge is 2.11. The quantitative estimate of drug-likeness (QED) is 0.424. The first-order valence-electron chi connectivity index (χ1n) is 2.64. The largest absolute Gasteiger partial charge is 0.358 e. The van der Waals surface area contributed by atoms with E-state index in [2.05, 4.69) is 15.1 Å². The number of hydrogen-bond acceptors (Lipinski definition) is 4. The summed E-state index contributed by atoms with van der Waals surface area (Å²) in [6.07, 6.45) is 0. The standard InChI is InChI=1S/C5H11NO3/c1-4(6-2)5(7)9-8-3/h4,6H,1-3H3. The number of likely N-dealkylation sites (N-methyl/N-ethyl adjacent to an activating group) is 1. The Hall–Kier alpha value is -0.610. The van der Waals surface area contributed by atoms with Crippen LogP contribution >= 0.6 is 0 Å². The molecule has 0 spiro atoms. The third-order valence-electron chi connectivity index (χ3n) is 0.952. The van der Waals surface area contributed by atoms with E-state index in [1.807, 2.05) is 0 Å². The zero-order valence-corrected chi connectivity index (χ0v) is 5.80. The maximum absolute atomic E-state index is 10.6. The minimum absolute atomic E-state index is 0.315. The van der Waals surface area contributed by atoms with Crippen LogP contribution in [0.3, 0.4) is 0 Å². The van der Waals surface area contributed by atoms with Gasteiger partial charge in [0.15, 0.2) is 0 Å². The van der Waals surface area contributed by atoms with E-state index < -0.39 is 5.97 Å². The van der Waals surface area contributed by atoms with Crippen molar-refractivity contribution < 1.29 is 14.6 Å². The molecule has 0 fully saturated rings. The highest BCUT2D eigenvalue weighted by molar-refractivity contribution is 5.74. The lowest BCUT2D eigenvalue weighted by atomic mass is 10.4. The first-order valence-corrected chi connectivity index (χ1v) is 2.64. The minimum atomic E-state index is -0.417. The van der Waals surface area contributed by atoms with Crippen LogP contribution < -0.4 is 5.32 Å². The third-order valence-corrected chi connectivity index (χ3v) is 0.952. The average molecular weight is 133 g/mol. The van der Waals surface area contributed by atoms with E-state index in [-0.39, 0.29) is 6.04 Å². The van der Waals surface area contributed by atoms with Gasteiger partial charge >= 0.3 is 5.97 Å². The zero-order valence-electron chi connectivity index (χ0n) is 5.80. The molecule has 9 heavy (non-hydrogen) atoms. The van der Waals surface area contributed by atoms with Crippen molar-refractivity contribution >= 4 is 5.97 Å². The van der Waals surface area contributed by atoms with Gasteiger partial charge in [-0.05, 0) is 14.0 Å². The van der Waals surface area contributed by atoms with Gasteiger partial charge in [-0.15, -0.1) is 0 Å². The summed E-state index contributed by atoms with van der Waals surface area (Å²) < 4.78 is 0. The average Bonchev–Trinajstić information content (AvgIpc) is 1.87. The molecule has 0 heterocycles. The van der Waals surface area contributed by atoms with Crippen LogP contribution in [0.25, 0.3) is 0 Å². The highest BCUT2D eigenvalue weighted by Crippen LogP contribution is 1.84. The smallest absolute Gasteiger partial charge is 0.308 e. The first kappa shape index (κ1) is 8.39. The minimum Gasteiger partial charge on any atom is -0.308 e. The van der Waals surface area contributed by atoms with Gasteiger partial charge in [-0.25, -0.2) is 4.79 Å². The number of carbonyl (C=O) groups excluding carboxylic acids is 1. The van der Waals surface area contributed by atoms with Gasteiger partial charge in [-0.2, -0.15) is 4.89 Å². The van der Waals surface area contributed by atoms with E-state index in [0.717, 1.165) is 0 Å². The second-order valence-electron chi connectivity index (χ2n) is 1.58. The normalized spacial score (nSPS) is 12.8. The fourth-order valence-corrected chi connectivity index (χ4v) is 0.272. The molecule has 0 saturated heterocycles. The molecular weight excluding hydrogens is 122 g/mol. The molecule has 1 unspecified atom stereocenters. The molecule has 0 rings (SSSR count). The Bertz CT molecular complexity index is 94.2. The molecule has 1 N–H and O–H groups in total. The van der Waals surface area contributed by atoms with Crippen LogP contribution in [0, 0.1) is 0 Å². The predicted molar refractivity (Wildman–Crippen MR) is 31.6 cm³/mol. The van der Waals surface area contributed by atoms with Crippen molar-refractivity contribution in [3.63, 3.8) is 0 Å². The van der Waals surface area contributed by atoms with E-state index in [9.17, 15) is 4.79 Å². The van der Waals surface area contributed by atoms with Crippen LogP contribution in [-0.2, 0) is 14.6 Å². The lowest BCUT2D eigenvalue weighted by Crippen LogP contribution is -2.32. The highest BCUT2D eigenvalue weighted by atomic mass is 17.2. The first-order chi connectivity index (χ1) is 4.22. The van der Waals surface area contributed by atoms with Crippen molar-refractivity contribution in [2.45, 2.75) is 13.0 Å². The Morgan fingerprint density at radius 3 is 2.56 bits per heavy atom. The molecule has 1 atom stereocenters. The molecule has 0 saturated carbocycles. The van der Waals surface area contributed by atoms with Gasteiger partial charge in [0.05, 0.1) is 7.11 Å². The van der Waals surface area contributed by atoms with Crippen molar-refractivity contribution in [1.29, 1.82) is 0 Å². The SMILES string of the molecule is CNC(C)C(=O)OOC. The van der Waals surface area contributed by atoms with Gasteiger partial charge in [0.1, 0.15) is 6.04 Å². The summed E-state index contributed by atoms with van der Waals surface area (Å²) in [6.45, 7) is 1.68. The maximum Gasteiger partial charge on any atom is 0.358 e. The fraction of sp³-hybridized carbons (Fsp3) is 0.800. The van der Waals surface area contributed by atoms with Crippen molar-refractivity contribution in [1.82, 2.24) is 5.32 Å². The van der Waals surface area contributed by atoms with Gasteiger partial charge in [-0.3, -0.25) is 4.89 Å².